The second-order valence-corrected chi connectivity index (χ2v) is 4.56. The first kappa shape index (κ1) is 8.29. The maximum atomic E-state index is 5.88. The third-order valence-corrected chi connectivity index (χ3v) is 3.25. The molecule has 0 amide bonds. The molecule has 2 aromatic rings. The van der Waals surface area contributed by atoms with E-state index in [2.05, 4.69) is 25.3 Å². The van der Waals surface area contributed by atoms with Crippen LogP contribution in [0.1, 0.15) is 24.6 Å². The van der Waals surface area contributed by atoms with Gasteiger partial charge in [-0.15, -0.1) is 0 Å². The monoisotopic (exact) mass is 251 g/mol. The quantitative estimate of drug-likeness (QED) is 0.847. The number of nitrogen functional groups attached to an aromatic ring is 1. The van der Waals surface area contributed by atoms with Crippen molar-refractivity contribution in [1.82, 2.24) is 9.38 Å². The number of nitrogens with zero attached hydrogens (tertiary/aromatic N) is 2. The van der Waals surface area contributed by atoms with Gasteiger partial charge >= 0.3 is 0 Å². The Hall–Kier alpha value is -1.03. The van der Waals surface area contributed by atoms with E-state index in [1.54, 1.807) is 0 Å². The van der Waals surface area contributed by atoms with Gasteiger partial charge in [0, 0.05) is 16.6 Å². The minimum atomic E-state index is 0.620. The van der Waals surface area contributed by atoms with Crippen LogP contribution in [0.4, 0.5) is 5.82 Å². The highest BCUT2D eigenvalue weighted by Crippen LogP contribution is 2.41. The molecule has 0 radical (unpaired) electrons. The minimum Gasteiger partial charge on any atom is -0.382 e. The lowest BCUT2D eigenvalue weighted by Gasteiger charge is -1.99. The highest BCUT2D eigenvalue weighted by Gasteiger charge is 2.29. The molecule has 0 unspecified atom stereocenters. The Bertz CT molecular complexity index is 499. The Kier molecular flexibility index (Phi) is 1.62. The summed E-state index contributed by atoms with van der Waals surface area (Å²) in [7, 11) is 0. The highest BCUT2D eigenvalue weighted by atomic mass is 79.9. The van der Waals surface area contributed by atoms with Crippen molar-refractivity contribution >= 4 is 27.3 Å². The van der Waals surface area contributed by atoms with Crippen molar-refractivity contribution in [2.75, 3.05) is 5.73 Å². The van der Waals surface area contributed by atoms with E-state index in [1.807, 2.05) is 18.3 Å². The summed E-state index contributed by atoms with van der Waals surface area (Å²) < 4.78 is 3.11. The Labute approximate surface area is 90.1 Å². The number of imidazole rings is 1. The summed E-state index contributed by atoms with van der Waals surface area (Å²) in [6.45, 7) is 0. The second kappa shape index (κ2) is 2.73. The number of halogens is 1. The summed E-state index contributed by atoms with van der Waals surface area (Å²) in [4.78, 5) is 4.42. The van der Waals surface area contributed by atoms with Crippen LogP contribution in [-0.4, -0.2) is 9.38 Å². The van der Waals surface area contributed by atoms with Crippen molar-refractivity contribution in [3.05, 3.63) is 28.6 Å². The SMILES string of the molecule is Nc1nc(C2CC2)n2cccc(Br)c12. The third-order valence-electron chi connectivity index (χ3n) is 2.61. The molecule has 2 aromatic heterocycles. The summed E-state index contributed by atoms with van der Waals surface area (Å²) in [6.07, 6.45) is 4.51. The summed E-state index contributed by atoms with van der Waals surface area (Å²) in [5.74, 6) is 2.35. The number of fused-ring (bicyclic) bond motifs is 1. The first-order valence-corrected chi connectivity index (χ1v) is 5.48. The molecule has 0 aliphatic heterocycles. The predicted octanol–water partition coefficient (Wildman–Crippen LogP) is 2.56. The molecule has 2 N–H and O–H groups in total. The maximum Gasteiger partial charge on any atom is 0.151 e. The molecule has 0 saturated heterocycles. The van der Waals surface area contributed by atoms with Gasteiger partial charge in [-0.3, -0.25) is 0 Å². The van der Waals surface area contributed by atoms with Gasteiger partial charge in [-0.25, -0.2) is 4.98 Å². The summed E-state index contributed by atoms with van der Waals surface area (Å²) in [6, 6.07) is 3.99. The predicted molar refractivity (Wildman–Crippen MR) is 59.3 cm³/mol. The number of aromatic nitrogens is 2. The van der Waals surface area contributed by atoms with Gasteiger partial charge in [-0.05, 0) is 40.9 Å². The number of pyridine rings is 1. The Balaban J connectivity index is 2.37. The summed E-state index contributed by atoms with van der Waals surface area (Å²) >= 11 is 3.49. The van der Waals surface area contributed by atoms with Crippen molar-refractivity contribution in [2.45, 2.75) is 18.8 Å². The van der Waals surface area contributed by atoms with Crippen LogP contribution >= 0.6 is 15.9 Å². The fourth-order valence-corrected chi connectivity index (χ4v) is 2.33. The molecule has 0 aromatic carbocycles. The van der Waals surface area contributed by atoms with Gasteiger partial charge in [0.15, 0.2) is 5.82 Å². The standard InChI is InChI=1S/C10H10BrN3/c11-7-2-1-5-14-8(7)9(12)13-10(14)6-3-4-6/h1-2,5-6H,3-4,12H2. The normalized spacial score (nSPS) is 16.4. The van der Waals surface area contributed by atoms with Crippen LogP contribution in [0.25, 0.3) is 5.52 Å². The number of hydrogen-bond donors (Lipinski definition) is 1. The van der Waals surface area contributed by atoms with E-state index < -0.39 is 0 Å². The molecule has 72 valence electrons. The molecule has 3 rings (SSSR count). The van der Waals surface area contributed by atoms with Gasteiger partial charge in [0.05, 0.1) is 0 Å². The van der Waals surface area contributed by atoms with Crippen LogP contribution in [0.3, 0.4) is 0 Å². The van der Waals surface area contributed by atoms with E-state index in [0.29, 0.717) is 11.7 Å². The first-order valence-electron chi connectivity index (χ1n) is 4.69. The van der Waals surface area contributed by atoms with Crippen LogP contribution in [0.2, 0.25) is 0 Å². The highest BCUT2D eigenvalue weighted by molar-refractivity contribution is 9.10. The van der Waals surface area contributed by atoms with Crippen LogP contribution in [0.15, 0.2) is 22.8 Å². The molecule has 0 spiro atoms. The van der Waals surface area contributed by atoms with Crippen molar-refractivity contribution in [3.63, 3.8) is 0 Å². The van der Waals surface area contributed by atoms with E-state index >= 15 is 0 Å². The van der Waals surface area contributed by atoms with Gasteiger partial charge in [0.25, 0.3) is 0 Å². The van der Waals surface area contributed by atoms with E-state index in [-0.39, 0.29) is 0 Å². The zero-order valence-corrected chi connectivity index (χ0v) is 9.16. The zero-order valence-electron chi connectivity index (χ0n) is 7.57. The molecule has 1 aliphatic rings. The Morgan fingerprint density at radius 2 is 2.29 bits per heavy atom. The third kappa shape index (κ3) is 1.07. The molecule has 1 fully saturated rings. The average molecular weight is 252 g/mol. The lowest BCUT2D eigenvalue weighted by atomic mass is 10.4. The van der Waals surface area contributed by atoms with Crippen molar-refractivity contribution < 1.29 is 0 Å². The molecule has 1 saturated carbocycles. The number of hydrogen-bond acceptors (Lipinski definition) is 2. The van der Waals surface area contributed by atoms with Crippen LogP contribution in [0, 0.1) is 0 Å². The molecule has 14 heavy (non-hydrogen) atoms. The van der Waals surface area contributed by atoms with E-state index in [0.717, 1.165) is 15.8 Å². The van der Waals surface area contributed by atoms with E-state index in [9.17, 15) is 0 Å². The minimum absolute atomic E-state index is 0.620. The van der Waals surface area contributed by atoms with Gasteiger partial charge in [0.1, 0.15) is 11.3 Å². The molecule has 2 heterocycles. The molecule has 3 nitrogen and oxygen atoms in total. The second-order valence-electron chi connectivity index (χ2n) is 3.70. The van der Waals surface area contributed by atoms with Crippen LogP contribution < -0.4 is 5.73 Å². The molecule has 0 bridgehead atoms. The maximum absolute atomic E-state index is 5.88. The van der Waals surface area contributed by atoms with Gasteiger partial charge in [-0.2, -0.15) is 0 Å². The summed E-state index contributed by atoms with van der Waals surface area (Å²) in [5.41, 5.74) is 6.88. The average Bonchev–Trinajstić information content (AvgIpc) is 2.93. The molecule has 0 atom stereocenters. The zero-order chi connectivity index (χ0) is 9.71. The molecular weight excluding hydrogens is 242 g/mol. The number of rotatable bonds is 1. The smallest absolute Gasteiger partial charge is 0.151 e. The molecule has 1 aliphatic carbocycles. The molecule has 4 heteroatoms. The first-order chi connectivity index (χ1) is 6.77. The molecular formula is C10H10BrN3. The van der Waals surface area contributed by atoms with Crippen LogP contribution in [0.5, 0.6) is 0 Å². The van der Waals surface area contributed by atoms with Crippen molar-refractivity contribution in [1.29, 1.82) is 0 Å². The van der Waals surface area contributed by atoms with Gasteiger partial charge < -0.3 is 10.1 Å². The fraction of sp³-hybridized carbons (Fsp3) is 0.300. The van der Waals surface area contributed by atoms with E-state index in [1.165, 1.54) is 12.8 Å². The Morgan fingerprint density at radius 1 is 1.50 bits per heavy atom. The Morgan fingerprint density at radius 3 is 3.00 bits per heavy atom. The fourth-order valence-electron chi connectivity index (χ4n) is 1.78. The summed E-state index contributed by atoms with van der Waals surface area (Å²) in [5, 5.41) is 0. The van der Waals surface area contributed by atoms with Crippen molar-refractivity contribution in [3.8, 4) is 0 Å². The lowest BCUT2D eigenvalue weighted by molar-refractivity contribution is 0.921. The van der Waals surface area contributed by atoms with E-state index in [4.69, 9.17) is 5.73 Å². The van der Waals surface area contributed by atoms with Crippen LogP contribution in [-0.2, 0) is 0 Å². The topological polar surface area (TPSA) is 43.3 Å². The van der Waals surface area contributed by atoms with Gasteiger partial charge in [0.2, 0.25) is 0 Å². The largest absolute Gasteiger partial charge is 0.382 e. The number of anilines is 1. The number of nitrogens with two attached hydrogens (primary N) is 1. The van der Waals surface area contributed by atoms with Crippen molar-refractivity contribution in [2.24, 2.45) is 0 Å². The van der Waals surface area contributed by atoms with Gasteiger partial charge in [-0.1, -0.05) is 0 Å². The lowest BCUT2D eigenvalue weighted by Crippen LogP contribution is -1.91.